The van der Waals surface area contributed by atoms with Crippen LogP contribution in [0.1, 0.15) is 48.0 Å². The van der Waals surface area contributed by atoms with Crippen molar-refractivity contribution in [3.05, 3.63) is 0 Å². The van der Waals surface area contributed by atoms with Crippen LogP contribution in [0.3, 0.4) is 0 Å². The predicted molar refractivity (Wildman–Crippen MR) is 56.9 cm³/mol. The molecule has 0 saturated carbocycles. The van der Waals surface area contributed by atoms with E-state index in [2.05, 4.69) is 15.4 Å². The highest BCUT2D eigenvalue weighted by molar-refractivity contribution is 5.55. The van der Waals surface area contributed by atoms with E-state index in [1.807, 2.05) is 41.5 Å². The molecule has 0 bridgehead atoms. The molecule has 0 saturated heterocycles. The van der Waals surface area contributed by atoms with Crippen LogP contribution in [-0.4, -0.2) is 12.8 Å². The molecule has 0 amide bonds. The molecule has 0 radical (unpaired) electrons. The Labute approximate surface area is 77.0 Å². The van der Waals surface area contributed by atoms with Gasteiger partial charge in [0.2, 0.25) is 0 Å². The predicted octanol–water partition coefficient (Wildman–Crippen LogP) is 3.91. The van der Waals surface area contributed by atoms with E-state index in [0.29, 0.717) is 6.54 Å². The van der Waals surface area contributed by atoms with E-state index >= 15 is 0 Å². The molecule has 3 nitrogen and oxygen atoms in total. The lowest BCUT2D eigenvalue weighted by Gasteiger charge is -1.73. The van der Waals surface area contributed by atoms with Gasteiger partial charge in [-0.15, -0.1) is 5.10 Å². The molecule has 0 fully saturated rings. The maximum Gasteiger partial charge on any atom is 0.0592 e. The molecular weight excluding hydrogens is 150 g/mol. The van der Waals surface area contributed by atoms with Crippen molar-refractivity contribution in [2.45, 2.75) is 48.0 Å². The van der Waals surface area contributed by atoms with Gasteiger partial charge >= 0.3 is 0 Å². The van der Waals surface area contributed by atoms with Crippen molar-refractivity contribution in [1.82, 2.24) is 0 Å². The van der Waals surface area contributed by atoms with Crippen LogP contribution in [0, 0.1) is 0 Å². The first-order valence-electron chi connectivity index (χ1n) is 4.80. The molecule has 12 heavy (non-hydrogen) atoms. The van der Waals surface area contributed by atoms with Crippen LogP contribution in [-0.2, 0) is 0 Å². The Morgan fingerprint density at radius 2 is 1.50 bits per heavy atom. The summed E-state index contributed by atoms with van der Waals surface area (Å²) in [4.78, 5) is 0. The summed E-state index contributed by atoms with van der Waals surface area (Å²) in [7, 11) is 0. The molecule has 74 valence electrons. The number of hydrogen-bond donors (Lipinski definition) is 0. The highest BCUT2D eigenvalue weighted by Gasteiger charge is 1.63. The van der Waals surface area contributed by atoms with Gasteiger partial charge in [-0.3, -0.25) is 0 Å². The van der Waals surface area contributed by atoms with Crippen LogP contribution >= 0.6 is 0 Å². The van der Waals surface area contributed by atoms with Crippen LogP contribution in [0.4, 0.5) is 0 Å². The van der Waals surface area contributed by atoms with Gasteiger partial charge in [-0.1, -0.05) is 39.8 Å². The van der Waals surface area contributed by atoms with Crippen molar-refractivity contribution in [3.63, 3.8) is 0 Å². The van der Waals surface area contributed by atoms with Gasteiger partial charge < -0.3 is 0 Å². The third-order valence-corrected chi connectivity index (χ3v) is 0.521. The van der Waals surface area contributed by atoms with E-state index in [0.717, 1.165) is 6.42 Å². The topological polar surface area (TPSA) is 37.1 Å². The second-order valence-corrected chi connectivity index (χ2v) is 1.25. The zero-order valence-electron chi connectivity index (χ0n) is 9.33. The minimum atomic E-state index is 0.709. The average molecular weight is 173 g/mol. The zero-order valence-corrected chi connectivity index (χ0v) is 9.33. The van der Waals surface area contributed by atoms with Crippen molar-refractivity contribution >= 4 is 6.21 Å². The average Bonchev–Trinajstić information content (AvgIpc) is 2.19. The van der Waals surface area contributed by atoms with Crippen molar-refractivity contribution < 1.29 is 0 Å². The van der Waals surface area contributed by atoms with Gasteiger partial charge in [-0.2, -0.15) is 5.11 Å². The van der Waals surface area contributed by atoms with Gasteiger partial charge in [-0.05, 0) is 13.3 Å². The summed E-state index contributed by atoms with van der Waals surface area (Å²) in [6, 6.07) is 0. The molecule has 0 aliphatic carbocycles. The van der Waals surface area contributed by atoms with E-state index in [1.165, 1.54) is 0 Å². The lowest BCUT2D eigenvalue weighted by Crippen LogP contribution is -1.64. The molecule has 0 heterocycles. The van der Waals surface area contributed by atoms with Gasteiger partial charge in [0, 0.05) is 6.21 Å². The molecule has 0 aromatic heterocycles. The normalized spacial score (nSPS) is 8.83. The van der Waals surface area contributed by atoms with E-state index in [-0.39, 0.29) is 0 Å². The molecule has 0 aromatic carbocycles. The van der Waals surface area contributed by atoms with Gasteiger partial charge in [0.15, 0.2) is 0 Å². The Kier molecular flexibility index (Phi) is 46.0. The summed E-state index contributed by atoms with van der Waals surface area (Å²) < 4.78 is 0. The standard InChI is InChI=1S/C5H11N3.2C2H6/c1-3-5-7-8-6-4-2;2*1-2/h5H,3-4H2,1-2H3;2*1-2H3/b7-5-,8-6?;;. The molecule has 3 heteroatoms. The van der Waals surface area contributed by atoms with Crippen LogP contribution in [0.25, 0.3) is 0 Å². The van der Waals surface area contributed by atoms with Crippen LogP contribution in [0.15, 0.2) is 15.4 Å². The maximum atomic E-state index is 3.64. The van der Waals surface area contributed by atoms with E-state index in [9.17, 15) is 0 Å². The molecule has 0 aliphatic rings. The quantitative estimate of drug-likeness (QED) is 0.352. The highest BCUT2D eigenvalue weighted by Crippen LogP contribution is 1.75. The molecule has 0 spiro atoms. The smallest absolute Gasteiger partial charge is 0.0592 e. The van der Waals surface area contributed by atoms with Gasteiger partial charge in [0.25, 0.3) is 0 Å². The lowest BCUT2D eigenvalue weighted by molar-refractivity contribution is 0.927. The minimum absolute atomic E-state index is 0.709. The van der Waals surface area contributed by atoms with Crippen molar-refractivity contribution in [2.75, 3.05) is 6.54 Å². The number of nitrogens with zero attached hydrogens (tertiary/aromatic N) is 3. The fourth-order valence-electron chi connectivity index (χ4n) is 0.218. The second-order valence-electron chi connectivity index (χ2n) is 1.25. The SMILES string of the molecule is CC.CC.CC/C=N\N=NCC. The third-order valence-electron chi connectivity index (χ3n) is 0.521. The van der Waals surface area contributed by atoms with Gasteiger partial charge in [-0.25, -0.2) is 0 Å². The van der Waals surface area contributed by atoms with Crippen molar-refractivity contribution in [3.8, 4) is 0 Å². The summed E-state index contributed by atoms with van der Waals surface area (Å²) in [6.07, 6.45) is 2.64. The van der Waals surface area contributed by atoms with Gasteiger partial charge in [0.1, 0.15) is 0 Å². The van der Waals surface area contributed by atoms with Crippen LogP contribution in [0.5, 0.6) is 0 Å². The third kappa shape index (κ3) is 34.8. The molecule has 0 aliphatic heterocycles. The Hall–Kier alpha value is -0.730. The highest BCUT2D eigenvalue weighted by atomic mass is 15.4. The summed E-state index contributed by atoms with van der Waals surface area (Å²) in [5.74, 6) is 0. The number of hydrogen-bond acceptors (Lipinski definition) is 2. The minimum Gasteiger partial charge on any atom is -0.169 e. The fourth-order valence-corrected chi connectivity index (χ4v) is 0.218. The Bertz CT molecular complexity index is 75.8. The summed E-state index contributed by atoms with van der Waals surface area (Å²) in [6.45, 7) is 12.6. The first kappa shape index (κ1) is 17.4. The zero-order chi connectivity index (χ0) is 10.2. The second kappa shape index (κ2) is 31.8. The molecule has 0 aromatic rings. The van der Waals surface area contributed by atoms with Crippen LogP contribution < -0.4 is 0 Å². The van der Waals surface area contributed by atoms with E-state index in [1.54, 1.807) is 6.21 Å². The Morgan fingerprint density at radius 3 is 1.83 bits per heavy atom. The summed E-state index contributed by atoms with van der Waals surface area (Å²) in [5.41, 5.74) is 0. The van der Waals surface area contributed by atoms with E-state index < -0.39 is 0 Å². The molecule has 0 N–H and O–H groups in total. The maximum absolute atomic E-state index is 3.64. The first-order chi connectivity index (χ1) is 5.91. The number of rotatable bonds is 3. The van der Waals surface area contributed by atoms with Gasteiger partial charge in [0.05, 0.1) is 6.54 Å². The largest absolute Gasteiger partial charge is 0.169 e. The Morgan fingerprint density at radius 1 is 1.00 bits per heavy atom. The summed E-state index contributed by atoms with van der Waals surface area (Å²) >= 11 is 0. The monoisotopic (exact) mass is 173 g/mol. The lowest BCUT2D eigenvalue weighted by atomic mass is 10.6. The molecule has 0 unspecified atom stereocenters. The van der Waals surface area contributed by atoms with E-state index in [4.69, 9.17) is 0 Å². The molecular formula is C9H23N3. The van der Waals surface area contributed by atoms with Crippen molar-refractivity contribution in [1.29, 1.82) is 0 Å². The van der Waals surface area contributed by atoms with Crippen molar-refractivity contribution in [2.24, 2.45) is 15.4 Å². The summed E-state index contributed by atoms with van der Waals surface area (Å²) in [5, 5.41) is 10.7. The molecule has 0 rings (SSSR count). The fraction of sp³-hybridized carbons (Fsp3) is 0.889. The molecule has 0 atom stereocenters. The van der Waals surface area contributed by atoms with Crippen LogP contribution in [0.2, 0.25) is 0 Å². The Balaban J connectivity index is -0.000000175. The first-order valence-corrected chi connectivity index (χ1v) is 4.80.